The Bertz CT molecular complexity index is 915. The number of carbonyl (C=O) groups is 1. The monoisotopic (exact) mass is 383 g/mol. The number of nitrogens with one attached hydrogen (secondary N) is 1. The first kappa shape index (κ1) is 19.3. The summed E-state index contributed by atoms with van der Waals surface area (Å²) in [6.45, 7) is 2.79. The third kappa shape index (κ3) is 5.50. The van der Waals surface area contributed by atoms with E-state index in [1.54, 1.807) is 12.1 Å². The number of rotatable bonds is 8. The van der Waals surface area contributed by atoms with Crippen LogP contribution in [0.15, 0.2) is 53.6 Å². The number of thioether (sulfide) groups is 1. The lowest BCUT2D eigenvalue weighted by Crippen LogP contribution is -2.26. The first-order chi connectivity index (χ1) is 13.2. The zero-order valence-electron chi connectivity index (χ0n) is 15.2. The molecule has 1 heterocycles. The topological polar surface area (TPSA) is 54.9 Å². The molecule has 0 fully saturated rings. The van der Waals surface area contributed by atoms with Crippen LogP contribution in [-0.4, -0.2) is 28.2 Å². The van der Waals surface area contributed by atoms with E-state index in [0.29, 0.717) is 18.7 Å². The van der Waals surface area contributed by atoms with E-state index >= 15 is 0 Å². The average molecular weight is 383 g/mol. The van der Waals surface area contributed by atoms with Crippen molar-refractivity contribution in [1.29, 1.82) is 0 Å². The van der Waals surface area contributed by atoms with Gasteiger partial charge < -0.3 is 5.32 Å². The van der Waals surface area contributed by atoms with E-state index in [9.17, 15) is 9.18 Å². The Labute approximate surface area is 162 Å². The van der Waals surface area contributed by atoms with Crippen molar-refractivity contribution < 1.29 is 9.18 Å². The second kappa shape index (κ2) is 9.46. The molecule has 0 saturated heterocycles. The van der Waals surface area contributed by atoms with Gasteiger partial charge in [-0.15, -0.1) is 0 Å². The third-order valence-corrected chi connectivity index (χ3v) is 5.09. The minimum Gasteiger partial charge on any atom is -0.355 e. The Balaban J connectivity index is 1.80. The fourth-order valence-electron chi connectivity index (χ4n) is 2.64. The molecule has 0 spiro atoms. The first-order valence-electron chi connectivity index (χ1n) is 9.05. The number of fused-ring (bicyclic) bond motifs is 1. The summed E-state index contributed by atoms with van der Waals surface area (Å²) in [4.78, 5) is 21.5. The van der Waals surface area contributed by atoms with Crippen molar-refractivity contribution in [3.8, 4) is 0 Å². The smallest absolute Gasteiger partial charge is 0.230 e. The second-order valence-electron chi connectivity index (χ2n) is 6.26. The summed E-state index contributed by atoms with van der Waals surface area (Å²) in [6.07, 6.45) is 2.56. The molecule has 0 radical (unpaired) electrons. The van der Waals surface area contributed by atoms with Gasteiger partial charge in [0, 0.05) is 13.0 Å². The molecule has 2 aromatic carbocycles. The minimum absolute atomic E-state index is 0.00357. The Morgan fingerprint density at radius 2 is 1.78 bits per heavy atom. The van der Waals surface area contributed by atoms with Crippen LogP contribution >= 0.6 is 11.8 Å². The van der Waals surface area contributed by atoms with E-state index in [2.05, 4.69) is 12.2 Å². The van der Waals surface area contributed by atoms with E-state index in [0.717, 1.165) is 40.2 Å². The van der Waals surface area contributed by atoms with E-state index in [4.69, 9.17) is 9.97 Å². The molecule has 4 nitrogen and oxygen atoms in total. The van der Waals surface area contributed by atoms with Gasteiger partial charge in [0.1, 0.15) is 10.8 Å². The van der Waals surface area contributed by atoms with Crippen LogP contribution < -0.4 is 5.32 Å². The van der Waals surface area contributed by atoms with Crippen LogP contribution in [0.1, 0.15) is 31.0 Å². The van der Waals surface area contributed by atoms with Crippen LogP contribution in [0.5, 0.6) is 0 Å². The zero-order valence-corrected chi connectivity index (χ0v) is 16.1. The van der Waals surface area contributed by atoms with Crippen LogP contribution in [0.2, 0.25) is 0 Å². The van der Waals surface area contributed by atoms with Crippen molar-refractivity contribution in [2.24, 2.45) is 0 Å². The van der Waals surface area contributed by atoms with Gasteiger partial charge in [0.25, 0.3) is 0 Å². The molecule has 0 aliphatic heterocycles. The molecule has 0 saturated carbocycles. The van der Waals surface area contributed by atoms with Crippen LogP contribution in [0.3, 0.4) is 0 Å². The predicted molar refractivity (Wildman–Crippen MR) is 107 cm³/mol. The van der Waals surface area contributed by atoms with Gasteiger partial charge in [0.2, 0.25) is 5.91 Å². The van der Waals surface area contributed by atoms with E-state index in [1.165, 1.54) is 23.9 Å². The number of benzene rings is 2. The molecule has 0 atom stereocenters. The number of aromatic nitrogens is 2. The van der Waals surface area contributed by atoms with Crippen molar-refractivity contribution in [2.75, 3.05) is 12.3 Å². The lowest BCUT2D eigenvalue weighted by Gasteiger charge is -2.10. The standard InChI is InChI=1S/C21H22FN3OS/c1-2-3-12-23-20(26)14-27-21-19(13-15-8-10-16(22)11-9-15)24-17-6-4-5-7-18(17)25-21/h4-11H,2-3,12-14H2,1H3,(H,23,26). The van der Waals surface area contributed by atoms with Crippen LogP contribution in [-0.2, 0) is 11.2 Å². The summed E-state index contributed by atoms with van der Waals surface area (Å²) in [5.74, 6) is 0.0329. The summed E-state index contributed by atoms with van der Waals surface area (Å²) in [5, 5.41) is 3.66. The number of hydrogen-bond donors (Lipinski definition) is 1. The van der Waals surface area contributed by atoms with Crippen molar-refractivity contribution in [1.82, 2.24) is 15.3 Å². The number of para-hydroxylation sites is 2. The molecule has 1 amide bonds. The van der Waals surface area contributed by atoms with Crippen molar-refractivity contribution in [3.63, 3.8) is 0 Å². The van der Waals surface area contributed by atoms with Gasteiger partial charge in [-0.3, -0.25) is 4.79 Å². The molecule has 0 unspecified atom stereocenters. The Morgan fingerprint density at radius 3 is 2.48 bits per heavy atom. The van der Waals surface area contributed by atoms with Crippen molar-refractivity contribution in [2.45, 2.75) is 31.2 Å². The maximum atomic E-state index is 13.2. The highest BCUT2D eigenvalue weighted by molar-refractivity contribution is 7.99. The van der Waals surface area contributed by atoms with Crippen molar-refractivity contribution in [3.05, 3.63) is 65.6 Å². The van der Waals surface area contributed by atoms with E-state index < -0.39 is 0 Å². The fourth-order valence-corrected chi connectivity index (χ4v) is 3.45. The second-order valence-corrected chi connectivity index (χ2v) is 7.22. The first-order valence-corrected chi connectivity index (χ1v) is 10.0. The summed E-state index contributed by atoms with van der Waals surface area (Å²) < 4.78 is 13.2. The number of unbranched alkanes of at least 4 members (excludes halogenated alkanes) is 1. The molecular formula is C21H22FN3OS. The van der Waals surface area contributed by atoms with Gasteiger partial charge in [-0.2, -0.15) is 0 Å². The van der Waals surface area contributed by atoms with Gasteiger partial charge in [-0.05, 0) is 36.2 Å². The maximum Gasteiger partial charge on any atom is 0.230 e. The van der Waals surface area contributed by atoms with Gasteiger partial charge in [0.15, 0.2) is 0 Å². The molecule has 0 aliphatic rings. The third-order valence-electron chi connectivity index (χ3n) is 4.08. The number of carbonyl (C=O) groups excluding carboxylic acids is 1. The summed E-state index contributed by atoms with van der Waals surface area (Å²) >= 11 is 1.39. The molecule has 1 N–H and O–H groups in total. The Kier molecular flexibility index (Phi) is 6.76. The van der Waals surface area contributed by atoms with Gasteiger partial charge in [-0.1, -0.05) is 49.4 Å². The number of halogens is 1. The molecule has 27 heavy (non-hydrogen) atoms. The van der Waals surface area contributed by atoms with Gasteiger partial charge in [-0.25, -0.2) is 14.4 Å². The predicted octanol–water partition coefficient (Wildman–Crippen LogP) is 4.37. The van der Waals surface area contributed by atoms with Gasteiger partial charge >= 0.3 is 0 Å². The quantitative estimate of drug-likeness (QED) is 0.464. The van der Waals surface area contributed by atoms with Crippen LogP contribution in [0.4, 0.5) is 4.39 Å². The highest BCUT2D eigenvalue weighted by Crippen LogP contribution is 2.24. The van der Waals surface area contributed by atoms with Crippen LogP contribution in [0.25, 0.3) is 11.0 Å². The summed E-state index contributed by atoms with van der Waals surface area (Å²) in [7, 11) is 0. The minimum atomic E-state index is -0.262. The van der Waals surface area contributed by atoms with Gasteiger partial charge in [0.05, 0.1) is 22.5 Å². The molecule has 140 valence electrons. The van der Waals surface area contributed by atoms with E-state index in [-0.39, 0.29) is 11.7 Å². The molecule has 3 rings (SSSR count). The average Bonchev–Trinajstić information content (AvgIpc) is 2.68. The maximum absolute atomic E-state index is 13.2. The molecule has 1 aromatic heterocycles. The normalized spacial score (nSPS) is 10.9. The lowest BCUT2D eigenvalue weighted by atomic mass is 10.1. The highest BCUT2D eigenvalue weighted by atomic mass is 32.2. The SMILES string of the molecule is CCCCNC(=O)CSc1nc2ccccc2nc1Cc1ccc(F)cc1. The largest absolute Gasteiger partial charge is 0.355 e. The lowest BCUT2D eigenvalue weighted by molar-refractivity contribution is -0.118. The number of amides is 1. The highest BCUT2D eigenvalue weighted by Gasteiger charge is 2.12. The molecule has 6 heteroatoms. The molecule has 3 aromatic rings. The zero-order chi connectivity index (χ0) is 19.1. The fraction of sp³-hybridized carbons (Fsp3) is 0.286. The summed E-state index contributed by atoms with van der Waals surface area (Å²) in [6, 6.07) is 14.1. The van der Waals surface area contributed by atoms with Crippen LogP contribution in [0, 0.1) is 5.82 Å². The molecule has 0 bridgehead atoms. The summed E-state index contributed by atoms with van der Waals surface area (Å²) in [5.41, 5.74) is 3.36. The number of hydrogen-bond acceptors (Lipinski definition) is 4. The van der Waals surface area contributed by atoms with Crippen molar-refractivity contribution >= 4 is 28.7 Å². The molecular weight excluding hydrogens is 361 g/mol. The van der Waals surface area contributed by atoms with E-state index in [1.807, 2.05) is 24.3 Å². The molecule has 0 aliphatic carbocycles. The Hall–Kier alpha value is -2.47. The number of nitrogens with zero attached hydrogens (tertiary/aromatic N) is 2. The Morgan fingerprint density at radius 1 is 1.07 bits per heavy atom.